The molecule has 24 heavy (non-hydrogen) atoms. The number of aromatic nitrogens is 3. The molecule has 3 aliphatic rings. The predicted octanol–water partition coefficient (Wildman–Crippen LogP) is 3.43. The van der Waals surface area contributed by atoms with Gasteiger partial charge in [0.15, 0.2) is 0 Å². The van der Waals surface area contributed by atoms with Gasteiger partial charge in [-0.05, 0) is 50.5 Å². The Balaban J connectivity index is 1.43. The van der Waals surface area contributed by atoms with Crippen LogP contribution in [0.1, 0.15) is 49.8 Å². The Morgan fingerprint density at radius 3 is 2.71 bits per heavy atom. The van der Waals surface area contributed by atoms with Gasteiger partial charge in [-0.15, -0.1) is 0 Å². The van der Waals surface area contributed by atoms with E-state index in [0.717, 1.165) is 48.6 Å². The zero-order valence-corrected chi connectivity index (χ0v) is 14.0. The highest BCUT2D eigenvalue weighted by Gasteiger charge is 2.37. The van der Waals surface area contributed by atoms with E-state index in [1.807, 2.05) is 6.20 Å². The normalized spacial score (nSPS) is 22.2. The standard InChI is InChI=1S/C19H23N3O2/c1-19(10-23-11-19)18-7-16(21-22-18)15-6-17(24-9-12-2-3-12)14(8-20-15)13-4-5-13/h6-8,12-13H,2-5,9-11H2,1H3,(H,21,22). The van der Waals surface area contributed by atoms with Crippen LogP contribution in [-0.4, -0.2) is 35.0 Å². The van der Waals surface area contributed by atoms with Crippen molar-refractivity contribution in [1.82, 2.24) is 15.2 Å². The molecule has 3 fully saturated rings. The van der Waals surface area contributed by atoms with Crippen LogP contribution < -0.4 is 4.74 Å². The lowest BCUT2D eigenvalue weighted by molar-refractivity contribution is -0.0521. The first-order chi connectivity index (χ1) is 11.7. The summed E-state index contributed by atoms with van der Waals surface area (Å²) in [6.07, 6.45) is 7.12. The van der Waals surface area contributed by atoms with Gasteiger partial charge >= 0.3 is 0 Å². The number of H-pyrrole nitrogens is 1. The molecule has 0 atom stereocenters. The van der Waals surface area contributed by atoms with Crippen LogP contribution in [0.2, 0.25) is 0 Å². The summed E-state index contributed by atoms with van der Waals surface area (Å²) in [6, 6.07) is 4.18. The summed E-state index contributed by atoms with van der Waals surface area (Å²) in [7, 11) is 0. The lowest BCUT2D eigenvalue weighted by Crippen LogP contribution is -2.44. The number of nitrogens with zero attached hydrogens (tertiary/aromatic N) is 2. The summed E-state index contributed by atoms with van der Waals surface area (Å²) in [5, 5.41) is 7.64. The number of pyridine rings is 1. The third-order valence-corrected chi connectivity index (χ3v) is 5.42. The summed E-state index contributed by atoms with van der Waals surface area (Å²) < 4.78 is 11.5. The van der Waals surface area contributed by atoms with E-state index in [1.54, 1.807) is 0 Å². The molecular formula is C19H23N3O2. The Kier molecular flexibility index (Phi) is 3.20. The fourth-order valence-electron chi connectivity index (χ4n) is 3.23. The molecule has 0 amide bonds. The number of aromatic amines is 1. The van der Waals surface area contributed by atoms with E-state index in [-0.39, 0.29) is 5.41 Å². The highest BCUT2D eigenvalue weighted by molar-refractivity contribution is 5.59. The Bertz CT molecular complexity index is 758. The first kappa shape index (κ1) is 14.5. The van der Waals surface area contributed by atoms with Gasteiger partial charge < -0.3 is 9.47 Å². The number of ether oxygens (including phenoxy) is 2. The van der Waals surface area contributed by atoms with Gasteiger partial charge in [-0.2, -0.15) is 5.10 Å². The minimum Gasteiger partial charge on any atom is -0.493 e. The molecule has 2 aliphatic carbocycles. The van der Waals surface area contributed by atoms with Crippen LogP contribution in [0, 0.1) is 5.92 Å². The van der Waals surface area contributed by atoms with E-state index in [2.05, 4.69) is 34.2 Å². The maximum Gasteiger partial charge on any atom is 0.126 e. The molecule has 5 nitrogen and oxygen atoms in total. The minimum atomic E-state index is 0.0600. The molecule has 5 heteroatoms. The van der Waals surface area contributed by atoms with Gasteiger partial charge in [-0.3, -0.25) is 10.1 Å². The first-order valence-corrected chi connectivity index (χ1v) is 8.98. The first-order valence-electron chi connectivity index (χ1n) is 8.98. The van der Waals surface area contributed by atoms with Crippen LogP contribution in [-0.2, 0) is 10.2 Å². The maximum atomic E-state index is 6.13. The Labute approximate surface area is 141 Å². The fraction of sp³-hybridized carbons (Fsp3) is 0.579. The van der Waals surface area contributed by atoms with Crippen molar-refractivity contribution < 1.29 is 9.47 Å². The minimum absolute atomic E-state index is 0.0600. The molecule has 0 spiro atoms. The third-order valence-electron chi connectivity index (χ3n) is 5.42. The summed E-state index contributed by atoms with van der Waals surface area (Å²) >= 11 is 0. The lowest BCUT2D eigenvalue weighted by Gasteiger charge is -2.36. The molecule has 0 unspecified atom stereocenters. The van der Waals surface area contributed by atoms with Gasteiger partial charge in [-0.25, -0.2) is 0 Å². The summed E-state index contributed by atoms with van der Waals surface area (Å²) in [6.45, 7) is 4.53. The monoisotopic (exact) mass is 325 g/mol. The number of hydrogen-bond donors (Lipinski definition) is 1. The van der Waals surface area contributed by atoms with Crippen molar-refractivity contribution in [2.45, 2.75) is 43.9 Å². The van der Waals surface area contributed by atoms with Crippen LogP contribution in [0.15, 0.2) is 18.3 Å². The second kappa shape index (κ2) is 5.31. The Morgan fingerprint density at radius 1 is 1.21 bits per heavy atom. The molecule has 1 saturated heterocycles. The van der Waals surface area contributed by atoms with Crippen LogP contribution in [0.3, 0.4) is 0 Å². The average Bonchev–Trinajstić information content (AvgIpc) is 3.49. The lowest BCUT2D eigenvalue weighted by atomic mass is 9.85. The van der Waals surface area contributed by atoms with E-state index >= 15 is 0 Å². The number of hydrogen-bond acceptors (Lipinski definition) is 4. The summed E-state index contributed by atoms with van der Waals surface area (Å²) in [5.41, 5.74) is 4.23. The van der Waals surface area contributed by atoms with Gasteiger partial charge in [0.2, 0.25) is 0 Å². The molecule has 3 heterocycles. The predicted molar refractivity (Wildman–Crippen MR) is 90.2 cm³/mol. The van der Waals surface area contributed by atoms with Crippen molar-refractivity contribution in [2.24, 2.45) is 5.92 Å². The van der Waals surface area contributed by atoms with Gasteiger partial charge in [-0.1, -0.05) is 0 Å². The van der Waals surface area contributed by atoms with E-state index in [9.17, 15) is 0 Å². The van der Waals surface area contributed by atoms with Crippen molar-refractivity contribution in [3.05, 3.63) is 29.6 Å². The Hall–Kier alpha value is -1.88. The van der Waals surface area contributed by atoms with E-state index in [0.29, 0.717) is 5.92 Å². The quantitative estimate of drug-likeness (QED) is 0.884. The van der Waals surface area contributed by atoms with Crippen molar-refractivity contribution >= 4 is 0 Å². The molecule has 0 bridgehead atoms. The van der Waals surface area contributed by atoms with Gasteiger partial charge in [0, 0.05) is 23.5 Å². The van der Waals surface area contributed by atoms with Gasteiger partial charge in [0.1, 0.15) is 11.4 Å². The van der Waals surface area contributed by atoms with Crippen molar-refractivity contribution in [3.63, 3.8) is 0 Å². The smallest absolute Gasteiger partial charge is 0.126 e. The van der Waals surface area contributed by atoms with Gasteiger partial charge in [0.05, 0.1) is 30.9 Å². The molecule has 126 valence electrons. The maximum absolute atomic E-state index is 6.13. The van der Waals surface area contributed by atoms with Crippen molar-refractivity contribution in [2.75, 3.05) is 19.8 Å². The van der Waals surface area contributed by atoms with E-state index in [1.165, 1.54) is 31.2 Å². The molecule has 2 saturated carbocycles. The molecule has 2 aromatic heterocycles. The molecule has 1 N–H and O–H groups in total. The van der Waals surface area contributed by atoms with Crippen LogP contribution in [0.5, 0.6) is 5.75 Å². The SMILES string of the molecule is CC1(c2cc(-c3cc(OCC4CC4)c(C4CC4)cn3)n[nH]2)COC1. The second-order valence-electron chi connectivity index (χ2n) is 7.86. The molecular weight excluding hydrogens is 302 g/mol. The summed E-state index contributed by atoms with van der Waals surface area (Å²) in [5.74, 6) is 2.41. The highest BCUT2D eigenvalue weighted by Crippen LogP contribution is 2.45. The van der Waals surface area contributed by atoms with Crippen molar-refractivity contribution in [1.29, 1.82) is 0 Å². The molecule has 2 aromatic rings. The molecule has 0 radical (unpaired) electrons. The van der Waals surface area contributed by atoms with E-state index in [4.69, 9.17) is 9.47 Å². The third kappa shape index (κ3) is 2.61. The zero-order chi connectivity index (χ0) is 16.1. The zero-order valence-electron chi connectivity index (χ0n) is 14.0. The number of nitrogens with one attached hydrogen (secondary N) is 1. The number of rotatable bonds is 6. The molecule has 0 aromatic carbocycles. The van der Waals surface area contributed by atoms with Gasteiger partial charge in [0.25, 0.3) is 0 Å². The molecule has 5 rings (SSSR count). The highest BCUT2D eigenvalue weighted by atomic mass is 16.5. The van der Waals surface area contributed by atoms with E-state index < -0.39 is 0 Å². The van der Waals surface area contributed by atoms with Crippen LogP contribution in [0.25, 0.3) is 11.4 Å². The van der Waals surface area contributed by atoms with Crippen LogP contribution in [0.4, 0.5) is 0 Å². The van der Waals surface area contributed by atoms with Crippen molar-refractivity contribution in [3.8, 4) is 17.1 Å². The largest absolute Gasteiger partial charge is 0.493 e. The second-order valence-corrected chi connectivity index (χ2v) is 7.86. The average molecular weight is 325 g/mol. The Morgan fingerprint density at radius 2 is 2.04 bits per heavy atom. The topological polar surface area (TPSA) is 60.0 Å². The summed E-state index contributed by atoms with van der Waals surface area (Å²) in [4.78, 5) is 4.66. The fourth-order valence-corrected chi connectivity index (χ4v) is 3.23. The van der Waals surface area contributed by atoms with Crippen LogP contribution >= 0.6 is 0 Å². The molecule has 1 aliphatic heterocycles.